The molecule has 7 heteroatoms. The summed E-state index contributed by atoms with van der Waals surface area (Å²) >= 11 is 6.06. The molecule has 0 spiro atoms. The summed E-state index contributed by atoms with van der Waals surface area (Å²) in [7, 11) is 0. The van der Waals surface area contributed by atoms with E-state index in [2.05, 4.69) is 33.3 Å². The molecule has 0 saturated carbocycles. The third-order valence-electron chi connectivity index (χ3n) is 8.55. The molecule has 39 heavy (non-hydrogen) atoms. The van der Waals surface area contributed by atoms with Crippen LogP contribution in [-0.2, 0) is 17.7 Å². The predicted molar refractivity (Wildman–Crippen MR) is 156 cm³/mol. The van der Waals surface area contributed by atoms with Gasteiger partial charge < -0.3 is 14.7 Å². The second-order valence-electron chi connectivity index (χ2n) is 10.6. The number of hydrogen-bond acceptors (Lipinski definition) is 6. The quantitative estimate of drug-likeness (QED) is 0.302. The number of rotatable bonds is 8. The molecule has 0 unspecified atom stereocenters. The fourth-order valence-electron chi connectivity index (χ4n) is 5.85. The topological polar surface area (TPSA) is 75.0 Å². The van der Waals surface area contributed by atoms with Gasteiger partial charge in [0.05, 0.1) is 11.3 Å². The first-order valence-corrected chi connectivity index (χ1v) is 14.3. The molecule has 204 valence electrons. The summed E-state index contributed by atoms with van der Waals surface area (Å²) in [6.45, 7) is 6.92. The van der Waals surface area contributed by atoms with E-state index in [-0.39, 0.29) is 0 Å². The van der Waals surface area contributed by atoms with Gasteiger partial charge in [-0.3, -0.25) is 4.98 Å². The minimum absolute atomic E-state index is 0.406. The highest BCUT2D eigenvalue weighted by molar-refractivity contribution is 6.30. The van der Waals surface area contributed by atoms with Gasteiger partial charge in [0.15, 0.2) is 0 Å². The van der Waals surface area contributed by atoms with Crippen molar-refractivity contribution in [1.29, 1.82) is 0 Å². The molecule has 3 heterocycles. The Balaban J connectivity index is 1.37. The highest BCUT2D eigenvalue weighted by atomic mass is 35.5. The maximum Gasteiger partial charge on any atom is 0.131 e. The molecule has 1 aromatic heterocycles. The maximum absolute atomic E-state index is 12.0. The van der Waals surface area contributed by atoms with Crippen LogP contribution < -0.4 is 4.74 Å². The summed E-state index contributed by atoms with van der Waals surface area (Å²) in [5, 5.41) is 15.5. The molecule has 1 N–H and O–H groups in total. The molecule has 0 radical (unpaired) electrons. The van der Waals surface area contributed by atoms with Crippen molar-refractivity contribution in [1.82, 2.24) is 9.88 Å². The van der Waals surface area contributed by atoms with Crippen molar-refractivity contribution in [3.63, 3.8) is 0 Å². The maximum atomic E-state index is 12.0. The number of pyridine rings is 1. The normalized spacial score (nSPS) is 18.1. The zero-order chi connectivity index (χ0) is 27.5. The number of halogens is 1. The molecule has 1 fully saturated rings. The molecule has 6 nitrogen and oxygen atoms in total. The van der Waals surface area contributed by atoms with Crippen LogP contribution in [0.25, 0.3) is 5.57 Å². The van der Waals surface area contributed by atoms with Crippen LogP contribution in [0.5, 0.6) is 5.75 Å². The number of hydrogen-bond donors (Lipinski definition) is 1. The van der Waals surface area contributed by atoms with Crippen molar-refractivity contribution in [3.05, 3.63) is 105 Å². The number of nitrogens with zero attached hydrogens (tertiary/aromatic N) is 3. The monoisotopic (exact) mass is 545 g/mol. The van der Waals surface area contributed by atoms with Gasteiger partial charge in [0, 0.05) is 42.0 Å². The van der Waals surface area contributed by atoms with Gasteiger partial charge in [-0.25, -0.2) is 0 Å². The third-order valence-corrected chi connectivity index (χ3v) is 8.81. The SMILES string of the molecule is CCC(O)(CC)c1ccc2c(c1)/C(=C/CCN1CCC(N=O)(c3ccc(Cl)cc3)CC1)c1cccnc1CO2. The second kappa shape index (κ2) is 11.6. The molecule has 2 aliphatic rings. The number of nitroso groups, excluding NO2 is 1. The van der Waals surface area contributed by atoms with Crippen molar-refractivity contribution in [2.75, 3.05) is 19.6 Å². The number of fused-ring (bicyclic) bond motifs is 2. The van der Waals surface area contributed by atoms with E-state index in [1.54, 1.807) is 6.20 Å². The Hall–Kier alpha value is -3.06. The number of benzene rings is 2. The second-order valence-corrected chi connectivity index (χ2v) is 11.1. The van der Waals surface area contributed by atoms with Crippen LogP contribution in [0.3, 0.4) is 0 Å². The van der Waals surface area contributed by atoms with E-state index in [1.165, 1.54) is 0 Å². The molecule has 0 bridgehead atoms. The minimum atomic E-state index is -0.874. The fraction of sp³-hybridized carbons (Fsp3) is 0.406. The number of piperidine rings is 1. The van der Waals surface area contributed by atoms with Crippen molar-refractivity contribution in [2.24, 2.45) is 5.18 Å². The Kier molecular flexibility index (Phi) is 8.17. The number of ether oxygens (including phenoxy) is 1. The summed E-state index contributed by atoms with van der Waals surface area (Å²) in [6.07, 6.45) is 7.57. The lowest BCUT2D eigenvalue weighted by atomic mass is 9.82. The van der Waals surface area contributed by atoms with Crippen LogP contribution in [0, 0.1) is 4.91 Å². The standard InChI is InChI=1S/C32H36ClN3O3/c1-3-32(37,4-2)24-11-14-30-28(21-24)26(27-7-5-17-34-29(27)22-39-30)8-6-18-36-19-15-31(35-38,16-20-36)23-9-12-25(33)13-10-23/h5,7-14,17,21,37H,3-4,6,15-16,18-20,22H2,1-2H3/b26-8+. The van der Waals surface area contributed by atoms with E-state index in [0.29, 0.717) is 37.3 Å². The molecule has 0 aliphatic carbocycles. The van der Waals surface area contributed by atoms with E-state index in [9.17, 15) is 10.0 Å². The molecular formula is C32H36ClN3O3. The van der Waals surface area contributed by atoms with E-state index in [1.807, 2.05) is 56.3 Å². The summed E-state index contributed by atoms with van der Waals surface area (Å²) in [6, 6.07) is 17.6. The molecular weight excluding hydrogens is 510 g/mol. The van der Waals surface area contributed by atoms with Crippen LogP contribution in [0.1, 0.15) is 73.9 Å². The first-order chi connectivity index (χ1) is 18.9. The lowest BCUT2D eigenvalue weighted by molar-refractivity contribution is 0.0283. The third kappa shape index (κ3) is 5.51. The Morgan fingerprint density at radius 2 is 1.85 bits per heavy atom. The van der Waals surface area contributed by atoms with Gasteiger partial charge in [0.1, 0.15) is 17.9 Å². The molecule has 5 rings (SSSR count). The number of aliphatic hydroxyl groups is 1. The zero-order valence-electron chi connectivity index (χ0n) is 22.7. The number of likely N-dealkylation sites (tertiary alicyclic amines) is 1. The van der Waals surface area contributed by atoms with Crippen molar-refractivity contribution in [3.8, 4) is 5.75 Å². The van der Waals surface area contributed by atoms with E-state index in [0.717, 1.165) is 65.3 Å². The van der Waals surface area contributed by atoms with E-state index in [4.69, 9.17) is 16.3 Å². The Morgan fingerprint density at radius 1 is 1.10 bits per heavy atom. The van der Waals surface area contributed by atoms with Crippen molar-refractivity contribution >= 4 is 17.2 Å². The van der Waals surface area contributed by atoms with Crippen LogP contribution in [0.2, 0.25) is 5.02 Å². The van der Waals surface area contributed by atoms with Crippen LogP contribution in [0.4, 0.5) is 0 Å². The van der Waals surface area contributed by atoms with Gasteiger partial charge in [-0.15, -0.1) is 4.91 Å². The summed E-state index contributed by atoms with van der Waals surface area (Å²) < 4.78 is 6.18. The number of aromatic nitrogens is 1. The Bertz CT molecular complexity index is 1340. The lowest BCUT2D eigenvalue weighted by Crippen LogP contribution is -2.41. The van der Waals surface area contributed by atoms with Gasteiger partial charge in [-0.1, -0.05) is 61.0 Å². The highest BCUT2D eigenvalue weighted by Gasteiger charge is 2.37. The smallest absolute Gasteiger partial charge is 0.131 e. The van der Waals surface area contributed by atoms with E-state index < -0.39 is 11.1 Å². The van der Waals surface area contributed by atoms with Gasteiger partial charge in [-0.05, 0) is 79.1 Å². The molecule has 2 aromatic carbocycles. The average Bonchev–Trinajstić information content (AvgIpc) is 3.14. The van der Waals surface area contributed by atoms with Crippen LogP contribution in [0.15, 0.2) is 72.0 Å². The minimum Gasteiger partial charge on any atom is -0.487 e. The van der Waals surface area contributed by atoms with Gasteiger partial charge in [-0.2, -0.15) is 0 Å². The van der Waals surface area contributed by atoms with Crippen LogP contribution in [-0.4, -0.2) is 34.6 Å². The van der Waals surface area contributed by atoms with Crippen molar-refractivity contribution in [2.45, 2.75) is 63.7 Å². The zero-order valence-corrected chi connectivity index (χ0v) is 23.5. The largest absolute Gasteiger partial charge is 0.487 e. The Morgan fingerprint density at radius 3 is 2.54 bits per heavy atom. The fourth-order valence-corrected chi connectivity index (χ4v) is 5.98. The molecule has 0 atom stereocenters. The average molecular weight is 546 g/mol. The summed E-state index contributed by atoms with van der Waals surface area (Å²) in [5.41, 5.74) is 4.34. The van der Waals surface area contributed by atoms with Gasteiger partial charge >= 0.3 is 0 Å². The Labute approximate surface area is 235 Å². The summed E-state index contributed by atoms with van der Waals surface area (Å²) in [5.74, 6) is 0.806. The van der Waals surface area contributed by atoms with Gasteiger partial charge in [0.2, 0.25) is 0 Å². The first kappa shape index (κ1) is 27.5. The predicted octanol–water partition coefficient (Wildman–Crippen LogP) is 7.21. The molecule has 3 aromatic rings. The lowest BCUT2D eigenvalue weighted by Gasteiger charge is -2.37. The molecule has 0 amide bonds. The molecule has 2 aliphatic heterocycles. The first-order valence-electron chi connectivity index (χ1n) is 13.9. The van der Waals surface area contributed by atoms with E-state index >= 15 is 0 Å². The van der Waals surface area contributed by atoms with Crippen LogP contribution >= 0.6 is 11.6 Å². The van der Waals surface area contributed by atoms with Crippen molar-refractivity contribution < 1.29 is 9.84 Å². The summed E-state index contributed by atoms with van der Waals surface area (Å²) in [4.78, 5) is 19.0. The highest BCUT2D eigenvalue weighted by Crippen LogP contribution is 2.41. The van der Waals surface area contributed by atoms with Gasteiger partial charge in [0.25, 0.3) is 0 Å². The molecule has 1 saturated heterocycles.